The van der Waals surface area contributed by atoms with E-state index in [1.165, 1.54) is 0 Å². The molecule has 4 rings (SSSR count). The molecular formula is C19H18ClN3O3. The third kappa shape index (κ3) is 3.38. The van der Waals surface area contributed by atoms with E-state index >= 15 is 0 Å². The number of ether oxygens (including phenoxy) is 2. The third-order valence-corrected chi connectivity index (χ3v) is 4.74. The summed E-state index contributed by atoms with van der Waals surface area (Å²) in [6.45, 7) is 0.741. The molecule has 0 spiro atoms. The Morgan fingerprint density at radius 3 is 2.85 bits per heavy atom. The van der Waals surface area contributed by atoms with Crippen LogP contribution in [0.3, 0.4) is 0 Å². The van der Waals surface area contributed by atoms with Crippen molar-refractivity contribution in [3.05, 3.63) is 53.7 Å². The van der Waals surface area contributed by atoms with E-state index in [9.17, 15) is 4.79 Å². The highest BCUT2D eigenvalue weighted by atomic mass is 35.5. The minimum atomic E-state index is -0.597. The first kappa shape index (κ1) is 16.9. The molecule has 1 saturated heterocycles. The number of hydrogen-bond donors (Lipinski definition) is 1. The van der Waals surface area contributed by atoms with Crippen molar-refractivity contribution in [1.82, 2.24) is 9.78 Å². The minimum absolute atomic E-state index is 0.0702. The molecule has 0 bridgehead atoms. The highest BCUT2D eigenvalue weighted by molar-refractivity contribution is 6.38. The second-order valence-electron chi connectivity index (χ2n) is 6.10. The Morgan fingerprint density at radius 1 is 1.23 bits per heavy atom. The molecule has 0 aliphatic carbocycles. The van der Waals surface area contributed by atoms with Gasteiger partial charge in [-0.2, -0.15) is 5.10 Å². The number of benzene rings is 2. The van der Waals surface area contributed by atoms with Gasteiger partial charge in [0, 0.05) is 12.0 Å². The number of para-hydroxylation sites is 1. The van der Waals surface area contributed by atoms with Gasteiger partial charge in [0.05, 0.1) is 22.4 Å². The zero-order chi connectivity index (χ0) is 17.9. The van der Waals surface area contributed by atoms with Gasteiger partial charge in [-0.3, -0.25) is 5.32 Å². The SMILES string of the molecule is O=C(Nc1ccc2c(cnn2C2CCCCO2)c1Cl)Oc1ccccc1. The molecule has 1 fully saturated rings. The zero-order valence-corrected chi connectivity index (χ0v) is 14.8. The molecule has 2 heterocycles. The molecule has 1 aliphatic rings. The Kier molecular flexibility index (Phi) is 4.77. The standard InChI is InChI=1S/C19H18ClN3O3/c20-18-14-12-21-23(17-8-4-5-11-25-17)16(14)10-9-15(18)22-19(24)26-13-6-2-1-3-7-13/h1-3,6-7,9-10,12,17H,4-5,8,11H2,(H,22,24). The third-order valence-electron chi connectivity index (χ3n) is 4.33. The summed E-state index contributed by atoms with van der Waals surface area (Å²) in [5.74, 6) is 0.462. The van der Waals surface area contributed by atoms with Gasteiger partial charge in [-0.25, -0.2) is 9.48 Å². The van der Waals surface area contributed by atoms with Crippen LogP contribution in [0.1, 0.15) is 25.5 Å². The Bertz CT molecular complexity index is 920. The largest absolute Gasteiger partial charge is 0.417 e. The highest BCUT2D eigenvalue weighted by Gasteiger charge is 2.20. The molecule has 1 amide bonds. The summed E-state index contributed by atoms with van der Waals surface area (Å²) in [7, 11) is 0. The quantitative estimate of drug-likeness (QED) is 0.703. The van der Waals surface area contributed by atoms with Crippen molar-refractivity contribution in [1.29, 1.82) is 0 Å². The van der Waals surface area contributed by atoms with Gasteiger partial charge in [0.25, 0.3) is 0 Å². The summed E-state index contributed by atoms with van der Waals surface area (Å²) in [5, 5.41) is 8.30. The van der Waals surface area contributed by atoms with Gasteiger partial charge in [0.15, 0.2) is 6.23 Å². The Balaban J connectivity index is 1.55. The molecule has 1 unspecified atom stereocenters. The predicted octanol–water partition coefficient (Wildman–Crippen LogP) is 5.00. The Labute approximate surface area is 155 Å². The van der Waals surface area contributed by atoms with E-state index in [0.717, 1.165) is 36.8 Å². The fraction of sp³-hybridized carbons (Fsp3) is 0.263. The Hall–Kier alpha value is -2.57. The fourth-order valence-corrected chi connectivity index (χ4v) is 3.32. The number of rotatable bonds is 3. The molecule has 26 heavy (non-hydrogen) atoms. The molecule has 134 valence electrons. The second kappa shape index (κ2) is 7.35. The van der Waals surface area contributed by atoms with Gasteiger partial charge >= 0.3 is 6.09 Å². The Morgan fingerprint density at radius 2 is 2.08 bits per heavy atom. The molecule has 1 aromatic heterocycles. The second-order valence-corrected chi connectivity index (χ2v) is 6.48. The fourth-order valence-electron chi connectivity index (χ4n) is 3.06. The van der Waals surface area contributed by atoms with Crippen LogP contribution in [0.4, 0.5) is 10.5 Å². The molecule has 1 aliphatic heterocycles. The molecular weight excluding hydrogens is 354 g/mol. The van der Waals surface area contributed by atoms with Gasteiger partial charge in [0.2, 0.25) is 0 Å². The number of carbonyl (C=O) groups excluding carboxylic acids is 1. The van der Waals surface area contributed by atoms with Gasteiger partial charge in [-0.1, -0.05) is 29.8 Å². The van der Waals surface area contributed by atoms with E-state index < -0.39 is 6.09 Å². The first-order valence-corrected chi connectivity index (χ1v) is 8.91. The molecule has 2 aromatic carbocycles. The van der Waals surface area contributed by atoms with Crippen molar-refractivity contribution in [3.63, 3.8) is 0 Å². The highest BCUT2D eigenvalue weighted by Crippen LogP contribution is 2.34. The lowest BCUT2D eigenvalue weighted by molar-refractivity contribution is -0.0366. The maximum atomic E-state index is 12.1. The maximum absolute atomic E-state index is 12.1. The summed E-state index contributed by atoms with van der Waals surface area (Å²) in [4.78, 5) is 12.1. The van der Waals surface area contributed by atoms with Crippen molar-refractivity contribution in [3.8, 4) is 5.75 Å². The molecule has 0 saturated carbocycles. The van der Waals surface area contributed by atoms with Crippen LogP contribution >= 0.6 is 11.6 Å². The van der Waals surface area contributed by atoms with E-state index in [1.54, 1.807) is 36.5 Å². The number of amides is 1. The first-order valence-electron chi connectivity index (χ1n) is 8.53. The summed E-state index contributed by atoms with van der Waals surface area (Å²) in [5.41, 5.74) is 1.35. The average molecular weight is 372 g/mol. The van der Waals surface area contributed by atoms with E-state index in [1.807, 2.05) is 16.8 Å². The minimum Gasteiger partial charge on any atom is -0.410 e. The summed E-state index contributed by atoms with van der Waals surface area (Å²) in [6.07, 6.45) is 4.15. The van der Waals surface area contributed by atoms with E-state index in [0.29, 0.717) is 16.5 Å². The number of carbonyl (C=O) groups is 1. The maximum Gasteiger partial charge on any atom is 0.417 e. The van der Waals surface area contributed by atoms with Crippen LogP contribution in [-0.4, -0.2) is 22.5 Å². The number of halogens is 1. The van der Waals surface area contributed by atoms with Gasteiger partial charge in [-0.15, -0.1) is 0 Å². The zero-order valence-electron chi connectivity index (χ0n) is 14.0. The number of fused-ring (bicyclic) bond motifs is 1. The van der Waals surface area contributed by atoms with Crippen molar-refractivity contribution in [2.45, 2.75) is 25.5 Å². The summed E-state index contributed by atoms with van der Waals surface area (Å²) in [6, 6.07) is 12.5. The summed E-state index contributed by atoms with van der Waals surface area (Å²) >= 11 is 6.48. The lowest BCUT2D eigenvalue weighted by atomic mass is 10.2. The predicted molar refractivity (Wildman–Crippen MR) is 99.7 cm³/mol. The van der Waals surface area contributed by atoms with Crippen molar-refractivity contribution in [2.24, 2.45) is 0 Å². The van der Waals surface area contributed by atoms with Crippen LogP contribution in [0.25, 0.3) is 10.9 Å². The van der Waals surface area contributed by atoms with Gasteiger partial charge in [0.1, 0.15) is 5.75 Å². The lowest BCUT2D eigenvalue weighted by Gasteiger charge is -2.23. The van der Waals surface area contributed by atoms with E-state index in [2.05, 4.69) is 10.4 Å². The molecule has 3 aromatic rings. The number of aromatic nitrogens is 2. The number of nitrogens with one attached hydrogen (secondary N) is 1. The first-order chi connectivity index (χ1) is 12.7. The van der Waals surface area contributed by atoms with Crippen molar-refractivity contribution >= 4 is 34.3 Å². The topological polar surface area (TPSA) is 65.4 Å². The van der Waals surface area contributed by atoms with Crippen molar-refractivity contribution < 1.29 is 14.3 Å². The average Bonchev–Trinajstić information content (AvgIpc) is 3.10. The van der Waals surface area contributed by atoms with Crippen LogP contribution in [0.15, 0.2) is 48.7 Å². The van der Waals surface area contributed by atoms with Crippen molar-refractivity contribution in [2.75, 3.05) is 11.9 Å². The molecule has 1 N–H and O–H groups in total. The van der Waals surface area contributed by atoms with Crippen LogP contribution in [0, 0.1) is 0 Å². The molecule has 6 nitrogen and oxygen atoms in total. The van der Waals surface area contributed by atoms with E-state index in [4.69, 9.17) is 21.1 Å². The van der Waals surface area contributed by atoms with Crippen LogP contribution in [-0.2, 0) is 4.74 Å². The van der Waals surface area contributed by atoms with Crippen LogP contribution in [0.5, 0.6) is 5.75 Å². The lowest BCUT2D eigenvalue weighted by Crippen LogP contribution is -2.19. The normalized spacial score (nSPS) is 17.2. The van der Waals surface area contributed by atoms with Crippen LogP contribution in [0.2, 0.25) is 5.02 Å². The number of nitrogens with zero attached hydrogens (tertiary/aromatic N) is 2. The van der Waals surface area contributed by atoms with E-state index in [-0.39, 0.29) is 6.23 Å². The molecule has 0 radical (unpaired) electrons. The molecule has 7 heteroatoms. The monoisotopic (exact) mass is 371 g/mol. The number of anilines is 1. The summed E-state index contributed by atoms with van der Waals surface area (Å²) < 4.78 is 12.9. The number of hydrogen-bond acceptors (Lipinski definition) is 4. The molecule has 1 atom stereocenters. The van der Waals surface area contributed by atoms with Crippen LogP contribution < -0.4 is 10.1 Å². The van der Waals surface area contributed by atoms with Gasteiger partial charge < -0.3 is 9.47 Å². The smallest absolute Gasteiger partial charge is 0.410 e. The van der Waals surface area contributed by atoms with Gasteiger partial charge in [-0.05, 0) is 43.5 Å².